The molecule has 17 heteroatoms. The maximum Gasteiger partial charge on any atom is 0.264 e. The van der Waals surface area contributed by atoms with E-state index in [0.717, 1.165) is 41.5 Å². The van der Waals surface area contributed by atoms with Crippen LogP contribution in [0.25, 0.3) is 11.1 Å². The number of fused-ring (bicyclic) bond motifs is 5. The highest BCUT2D eigenvalue weighted by atomic mass is 16.5. The highest BCUT2D eigenvalue weighted by molar-refractivity contribution is 6.00. The van der Waals surface area contributed by atoms with Crippen LogP contribution in [0.2, 0.25) is 0 Å². The third-order valence-corrected chi connectivity index (χ3v) is 10.4. The number of rotatable bonds is 17. The van der Waals surface area contributed by atoms with Crippen LogP contribution in [0.1, 0.15) is 71.8 Å². The van der Waals surface area contributed by atoms with Crippen molar-refractivity contribution in [2.75, 3.05) is 46.9 Å². The number of aryl methyl sites for hydroxylation is 2. The van der Waals surface area contributed by atoms with Crippen molar-refractivity contribution in [1.29, 1.82) is 0 Å². The number of ether oxygens (including phenoxy) is 2. The third kappa shape index (κ3) is 12.4. The minimum atomic E-state index is -1.38. The minimum absolute atomic E-state index is 0.0407. The summed E-state index contributed by atoms with van der Waals surface area (Å²) in [4.78, 5) is 83.8. The molecule has 0 fully saturated rings. The fourth-order valence-electron chi connectivity index (χ4n) is 7.07. The molecule has 4 rings (SSSR count). The van der Waals surface area contributed by atoms with Crippen LogP contribution >= 0.6 is 0 Å². The Hall–Kier alpha value is -6.30. The molecule has 62 heavy (non-hydrogen) atoms. The lowest BCUT2D eigenvalue weighted by Crippen LogP contribution is -2.57. The molecule has 3 aromatic carbocycles. The van der Waals surface area contributed by atoms with Gasteiger partial charge in [0.1, 0.15) is 48.9 Å². The largest absolute Gasteiger partial charge is 0.492 e. The summed E-state index contributed by atoms with van der Waals surface area (Å²) in [6.45, 7) is 9.54. The van der Waals surface area contributed by atoms with Crippen LogP contribution in [0.15, 0.2) is 67.3 Å². The van der Waals surface area contributed by atoms with Gasteiger partial charge in [-0.25, -0.2) is 0 Å². The average molecular weight is 856 g/mol. The van der Waals surface area contributed by atoms with E-state index in [1.165, 1.54) is 25.9 Å². The molecule has 4 bridgehead atoms. The Morgan fingerprint density at radius 2 is 1.56 bits per heavy atom. The van der Waals surface area contributed by atoms with Crippen molar-refractivity contribution in [2.45, 2.75) is 77.0 Å². The van der Waals surface area contributed by atoms with E-state index in [4.69, 9.17) is 26.7 Å². The van der Waals surface area contributed by atoms with Crippen LogP contribution < -0.4 is 48.1 Å². The smallest absolute Gasteiger partial charge is 0.264 e. The molecule has 17 nitrogen and oxygen atoms in total. The molecule has 0 spiro atoms. The molecule has 1 heterocycles. The Labute approximate surface area is 363 Å². The molecular weight excluding hydrogens is 795 g/mol. The van der Waals surface area contributed by atoms with E-state index >= 15 is 0 Å². The summed E-state index contributed by atoms with van der Waals surface area (Å²) in [5.74, 6) is -3.11. The fraction of sp³-hybridized carbons (Fsp3) is 0.422. The van der Waals surface area contributed by atoms with Crippen molar-refractivity contribution in [3.8, 4) is 22.6 Å². The van der Waals surface area contributed by atoms with Crippen molar-refractivity contribution in [1.82, 2.24) is 31.3 Å². The highest BCUT2D eigenvalue weighted by Crippen LogP contribution is 2.40. The lowest BCUT2D eigenvalue weighted by Gasteiger charge is -2.32. The first kappa shape index (κ1) is 48.4. The Bertz CT molecular complexity index is 2110. The van der Waals surface area contributed by atoms with Crippen LogP contribution in [-0.2, 0) is 36.8 Å². The second-order valence-electron chi connectivity index (χ2n) is 15.1. The van der Waals surface area contributed by atoms with Crippen LogP contribution in [0.5, 0.6) is 11.5 Å². The average Bonchev–Trinajstić information content (AvgIpc) is 3.25. The first-order valence-electron chi connectivity index (χ1n) is 20.8. The van der Waals surface area contributed by atoms with E-state index in [9.17, 15) is 28.8 Å². The highest BCUT2D eigenvalue weighted by Gasteiger charge is 2.36. The summed E-state index contributed by atoms with van der Waals surface area (Å²) in [6, 6.07) is 10.8. The van der Waals surface area contributed by atoms with Crippen molar-refractivity contribution in [3.63, 3.8) is 0 Å². The molecule has 0 unspecified atom stereocenters. The SMILES string of the molecule is C=CC(=O)N(C)NC(=O)[C@@H]1Cc2ccc(OCCN)c(c2)-c2cc(ccc2OCCN)[C@H](N(C)C(=O)[C@H](CCN)NC(=O)c2ccc(CCCC)cc2C)C(=O)N[C@@H](C)C(=O)N1. The molecule has 1 aliphatic rings. The van der Waals surface area contributed by atoms with Crippen molar-refractivity contribution in [3.05, 3.63) is 95.1 Å². The molecule has 0 radical (unpaired) electrons. The maximum atomic E-state index is 14.6. The van der Waals surface area contributed by atoms with E-state index in [1.54, 1.807) is 42.5 Å². The number of nitrogens with two attached hydrogens (primary N) is 3. The zero-order valence-electron chi connectivity index (χ0n) is 36.3. The molecule has 0 saturated heterocycles. The van der Waals surface area contributed by atoms with Crippen LogP contribution in [-0.4, -0.2) is 110 Å². The Kier molecular flexibility index (Phi) is 18.0. The lowest BCUT2D eigenvalue weighted by molar-refractivity contribution is -0.142. The second-order valence-corrected chi connectivity index (χ2v) is 15.1. The number of unbranched alkanes of at least 4 members (excludes halogenated alkanes) is 1. The lowest BCUT2D eigenvalue weighted by atomic mass is 9.93. The molecule has 0 aromatic heterocycles. The van der Waals surface area contributed by atoms with Gasteiger partial charge in [-0.15, -0.1) is 0 Å². The summed E-state index contributed by atoms with van der Waals surface area (Å²) < 4.78 is 12.2. The second kappa shape index (κ2) is 23.1. The monoisotopic (exact) mass is 855 g/mol. The van der Waals surface area contributed by atoms with Gasteiger partial charge in [0.05, 0.1) is 0 Å². The van der Waals surface area contributed by atoms with Crippen LogP contribution in [0.4, 0.5) is 0 Å². The summed E-state index contributed by atoms with van der Waals surface area (Å²) in [7, 11) is 2.77. The number of nitrogens with zero attached hydrogens (tertiary/aromatic N) is 2. The Morgan fingerprint density at radius 3 is 2.18 bits per heavy atom. The predicted octanol–water partition coefficient (Wildman–Crippen LogP) is 1.55. The molecule has 0 aliphatic carbocycles. The number of carbonyl (C=O) groups is 6. The first-order chi connectivity index (χ1) is 29.7. The molecule has 4 atom stereocenters. The van der Waals surface area contributed by atoms with Gasteiger partial charge in [-0.2, -0.15) is 0 Å². The van der Waals surface area contributed by atoms with Gasteiger partial charge in [0.25, 0.3) is 17.7 Å². The molecule has 10 N–H and O–H groups in total. The maximum absolute atomic E-state index is 14.6. The van der Waals surface area contributed by atoms with Crippen molar-refractivity contribution < 1.29 is 38.2 Å². The first-order valence-corrected chi connectivity index (χ1v) is 20.8. The van der Waals surface area contributed by atoms with Gasteiger partial charge < -0.3 is 47.5 Å². The van der Waals surface area contributed by atoms with E-state index in [2.05, 4.69) is 34.9 Å². The Morgan fingerprint density at radius 1 is 0.903 bits per heavy atom. The van der Waals surface area contributed by atoms with Gasteiger partial charge in [-0.05, 0) is 98.3 Å². The van der Waals surface area contributed by atoms with E-state index < -0.39 is 59.6 Å². The van der Waals surface area contributed by atoms with E-state index in [1.807, 2.05) is 19.1 Å². The summed E-state index contributed by atoms with van der Waals surface area (Å²) in [5, 5.41) is 9.20. The predicted molar refractivity (Wildman–Crippen MR) is 236 cm³/mol. The molecular formula is C45H61N9O8. The van der Waals surface area contributed by atoms with Gasteiger partial charge in [-0.3, -0.25) is 39.2 Å². The molecule has 1 aliphatic heterocycles. The van der Waals surface area contributed by atoms with Gasteiger partial charge in [0.2, 0.25) is 17.7 Å². The standard InChI is InChI=1S/C45H61N9O8/c1-7-9-10-29-11-14-32(27(3)23-29)42(57)50-35(17-18-46)45(60)53(5)40-31-13-16-38(62-22-20-48)34(26-31)33-24-30(12-15-37(33)61-21-19-47)25-36(43(58)52-54(6)39(55)8-2)51-41(56)28(4)49-44(40)59/h8,11-16,23-24,26,28,35-36,40H,2,7,9-10,17-22,25,46-48H2,1,3-6H3,(H,49,59)(H,50,57)(H,51,56)(H,52,58)/t28-,35-,36-,40-/m0/s1. The fourth-order valence-corrected chi connectivity index (χ4v) is 7.07. The van der Waals surface area contributed by atoms with Crippen molar-refractivity contribution >= 4 is 35.4 Å². The van der Waals surface area contributed by atoms with Gasteiger partial charge in [0.15, 0.2) is 0 Å². The number of hydrogen-bond donors (Lipinski definition) is 7. The number of hydrazine groups is 1. The normalized spacial score (nSPS) is 16.7. The van der Waals surface area contributed by atoms with Gasteiger partial charge in [-0.1, -0.05) is 44.2 Å². The zero-order valence-corrected chi connectivity index (χ0v) is 36.3. The number of amides is 6. The quantitative estimate of drug-likeness (QED) is 0.0758. The van der Waals surface area contributed by atoms with Crippen molar-refractivity contribution in [2.24, 2.45) is 17.2 Å². The molecule has 3 aromatic rings. The van der Waals surface area contributed by atoms with E-state index in [0.29, 0.717) is 39.3 Å². The number of nitrogens with one attached hydrogen (secondary N) is 4. The number of likely N-dealkylation sites (N-methyl/N-ethyl adjacent to an activating group) is 2. The summed E-state index contributed by atoms with van der Waals surface area (Å²) in [6.07, 6.45) is 3.95. The Balaban J connectivity index is 1.85. The topological polar surface area (TPSA) is 254 Å². The van der Waals surface area contributed by atoms with Gasteiger partial charge >= 0.3 is 0 Å². The van der Waals surface area contributed by atoms with Gasteiger partial charge in [0, 0.05) is 50.3 Å². The summed E-state index contributed by atoms with van der Waals surface area (Å²) >= 11 is 0. The van der Waals surface area contributed by atoms with Crippen LogP contribution in [0.3, 0.4) is 0 Å². The summed E-state index contributed by atoms with van der Waals surface area (Å²) in [5.41, 5.74) is 24.2. The minimum Gasteiger partial charge on any atom is -0.492 e. The molecule has 6 amide bonds. The number of benzene rings is 3. The third-order valence-electron chi connectivity index (χ3n) is 10.4. The van der Waals surface area contributed by atoms with Crippen LogP contribution in [0, 0.1) is 6.92 Å². The van der Waals surface area contributed by atoms with E-state index in [-0.39, 0.29) is 45.7 Å². The molecule has 334 valence electrons. The number of hydrogen-bond acceptors (Lipinski definition) is 11. The zero-order chi connectivity index (χ0) is 45.5. The number of carbonyl (C=O) groups excluding carboxylic acids is 6. The molecule has 0 saturated carbocycles.